The van der Waals surface area contributed by atoms with Gasteiger partial charge in [0.15, 0.2) is 5.78 Å². The van der Waals surface area contributed by atoms with Crippen LogP contribution in [0.3, 0.4) is 0 Å². The molecule has 0 fully saturated rings. The van der Waals surface area contributed by atoms with Crippen LogP contribution in [0.5, 0.6) is 0 Å². The van der Waals surface area contributed by atoms with Gasteiger partial charge < -0.3 is 10.1 Å². The topological polar surface area (TPSA) is 73.3 Å². The number of fused-ring (bicyclic) bond motifs is 1. The first kappa shape index (κ1) is 8.83. The third-order valence-corrected chi connectivity index (χ3v) is 2.07. The molecule has 14 heavy (non-hydrogen) atoms. The van der Waals surface area contributed by atoms with E-state index >= 15 is 0 Å². The molecule has 0 atom stereocenters. The smallest absolute Gasteiger partial charge is 0.196 e. The standard InChI is InChI=1S/C9H10N4O/c1-6-12-9(8(14)4-10)7-5-11-2-3-13(6)7/h2-3,5H,4,10H2,1H3. The van der Waals surface area contributed by atoms with Gasteiger partial charge in [-0.2, -0.15) is 0 Å². The molecule has 0 saturated carbocycles. The van der Waals surface area contributed by atoms with E-state index in [9.17, 15) is 4.79 Å². The zero-order valence-corrected chi connectivity index (χ0v) is 7.77. The molecule has 2 aromatic heterocycles. The lowest BCUT2D eigenvalue weighted by atomic mass is 10.2. The van der Waals surface area contributed by atoms with Crippen LogP contribution in [0.15, 0.2) is 18.6 Å². The Bertz CT molecular complexity index is 489. The summed E-state index contributed by atoms with van der Waals surface area (Å²) in [5.41, 5.74) is 6.39. The van der Waals surface area contributed by atoms with Crippen molar-refractivity contribution in [2.24, 2.45) is 5.73 Å². The minimum atomic E-state index is -0.163. The third-order valence-electron chi connectivity index (χ3n) is 2.07. The lowest BCUT2D eigenvalue weighted by Crippen LogP contribution is -2.14. The van der Waals surface area contributed by atoms with Crippen molar-refractivity contribution in [2.75, 3.05) is 6.54 Å². The normalized spacial score (nSPS) is 10.7. The first-order valence-electron chi connectivity index (χ1n) is 4.26. The molecular weight excluding hydrogens is 180 g/mol. The number of carbonyl (C=O) groups is 1. The van der Waals surface area contributed by atoms with Crippen molar-refractivity contribution < 1.29 is 4.79 Å². The molecule has 5 heteroatoms. The van der Waals surface area contributed by atoms with Crippen LogP contribution in [0, 0.1) is 6.92 Å². The number of Topliss-reactive ketones (excluding diaryl/α,β-unsaturated/α-hetero) is 1. The number of nitrogens with two attached hydrogens (primary N) is 1. The number of nitrogens with zero attached hydrogens (tertiary/aromatic N) is 3. The Morgan fingerprint density at radius 2 is 2.43 bits per heavy atom. The minimum absolute atomic E-state index is 0.0268. The first-order valence-corrected chi connectivity index (χ1v) is 4.26. The fourth-order valence-electron chi connectivity index (χ4n) is 1.39. The summed E-state index contributed by atoms with van der Waals surface area (Å²) in [6, 6.07) is 0. The molecule has 0 amide bonds. The zero-order valence-electron chi connectivity index (χ0n) is 7.77. The van der Waals surface area contributed by atoms with Crippen LogP contribution in [-0.2, 0) is 0 Å². The SMILES string of the molecule is Cc1nc(C(=O)CN)c2cnccn12. The van der Waals surface area contributed by atoms with Gasteiger partial charge in [0.25, 0.3) is 0 Å². The van der Waals surface area contributed by atoms with E-state index in [4.69, 9.17) is 5.73 Å². The van der Waals surface area contributed by atoms with Gasteiger partial charge in [-0.25, -0.2) is 4.98 Å². The highest BCUT2D eigenvalue weighted by molar-refractivity contribution is 6.01. The molecule has 0 saturated heterocycles. The summed E-state index contributed by atoms with van der Waals surface area (Å²) in [5, 5.41) is 0. The molecule has 0 radical (unpaired) electrons. The van der Waals surface area contributed by atoms with Gasteiger partial charge >= 0.3 is 0 Å². The Morgan fingerprint density at radius 3 is 3.14 bits per heavy atom. The Balaban J connectivity index is 2.72. The number of rotatable bonds is 2. The molecule has 0 unspecified atom stereocenters. The van der Waals surface area contributed by atoms with Crippen LogP contribution in [0.4, 0.5) is 0 Å². The molecule has 0 aliphatic heterocycles. The van der Waals surface area contributed by atoms with E-state index in [0.29, 0.717) is 11.2 Å². The van der Waals surface area contributed by atoms with Crippen molar-refractivity contribution in [1.29, 1.82) is 0 Å². The van der Waals surface area contributed by atoms with E-state index in [1.807, 2.05) is 11.3 Å². The van der Waals surface area contributed by atoms with Crippen molar-refractivity contribution in [3.05, 3.63) is 30.1 Å². The molecule has 2 heterocycles. The summed E-state index contributed by atoms with van der Waals surface area (Å²) in [6.45, 7) is 1.81. The minimum Gasteiger partial charge on any atom is -0.324 e. The number of carbonyl (C=O) groups excluding carboxylic acids is 1. The van der Waals surface area contributed by atoms with Gasteiger partial charge in [-0.15, -0.1) is 0 Å². The summed E-state index contributed by atoms with van der Waals surface area (Å²) in [6.07, 6.45) is 5.03. The predicted octanol–water partition coefficient (Wildman–Crippen LogP) is 0.179. The van der Waals surface area contributed by atoms with Crippen molar-refractivity contribution in [2.45, 2.75) is 6.92 Å². The van der Waals surface area contributed by atoms with Crippen molar-refractivity contribution in [1.82, 2.24) is 14.4 Å². The summed E-state index contributed by atoms with van der Waals surface area (Å²) >= 11 is 0. The molecule has 0 spiro atoms. The Kier molecular flexibility index (Phi) is 2.01. The van der Waals surface area contributed by atoms with Crippen LogP contribution >= 0.6 is 0 Å². The molecule has 2 rings (SSSR count). The third kappa shape index (κ3) is 1.18. The van der Waals surface area contributed by atoms with Crippen LogP contribution in [-0.4, -0.2) is 26.7 Å². The van der Waals surface area contributed by atoms with E-state index in [-0.39, 0.29) is 12.3 Å². The van der Waals surface area contributed by atoms with Crippen LogP contribution in [0.1, 0.15) is 16.3 Å². The highest BCUT2D eigenvalue weighted by Crippen LogP contribution is 2.11. The number of aromatic nitrogens is 3. The van der Waals surface area contributed by atoms with Crippen molar-refractivity contribution in [3.8, 4) is 0 Å². The van der Waals surface area contributed by atoms with E-state index < -0.39 is 0 Å². The molecule has 5 nitrogen and oxygen atoms in total. The van der Waals surface area contributed by atoms with E-state index in [2.05, 4.69) is 9.97 Å². The largest absolute Gasteiger partial charge is 0.324 e. The molecule has 72 valence electrons. The quantitative estimate of drug-likeness (QED) is 0.685. The Labute approximate surface area is 80.6 Å². The second kappa shape index (κ2) is 3.19. The molecular formula is C9H10N4O. The van der Waals surface area contributed by atoms with Crippen LogP contribution < -0.4 is 5.73 Å². The van der Waals surface area contributed by atoms with Gasteiger partial charge in [-0.1, -0.05) is 0 Å². The second-order valence-corrected chi connectivity index (χ2v) is 2.97. The lowest BCUT2D eigenvalue weighted by molar-refractivity contribution is 0.0998. The maximum absolute atomic E-state index is 11.4. The van der Waals surface area contributed by atoms with E-state index in [1.165, 1.54) is 0 Å². The molecule has 0 aliphatic carbocycles. The highest BCUT2D eigenvalue weighted by Gasteiger charge is 2.13. The molecule has 2 aromatic rings. The maximum Gasteiger partial charge on any atom is 0.196 e. The van der Waals surface area contributed by atoms with Gasteiger partial charge in [-0.05, 0) is 6.92 Å². The molecule has 0 bridgehead atoms. The number of imidazole rings is 1. The van der Waals surface area contributed by atoms with Gasteiger partial charge in [0.1, 0.15) is 11.5 Å². The van der Waals surface area contributed by atoms with Crippen molar-refractivity contribution >= 4 is 11.3 Å². The average Bonchev–Trinajstić information content (AvgIpc) is 2.56. The predicted molar refractivity (Wildman–Crippen MR) is 51.1 cm³/mol. The summed E-state index contributed by atoms with van der Waals surface area (Å²) < 4.78 is 1.82. The average molecular weight is 190 g/mol. The Morgan fingerprint density at radius 1 is 1.64 bits per heavy atom. The van der Waals surface area contributed by atoms with Gasteiger partial charge in [0.05, 0.1) is 18.3 Å². The molecule has 0 aromatic carbocycles. The fraction of sp³-hybridized carbons (Fsp3) is 0.222. The number of ketones is 1. The first-order chi connectivity index (χ1) is 6.74. The molecule has 2 N–H and O–H groups in total. The fourth-order valence-corrected chi connectivity index (χ4v) is 1.39. The monoisotopic (exact) mass is 190 g/mol. The zero-order chi connectivity index (χ0) is 10.1. The second-order valence-electron chi connectivity index (χ2n) is 2.97. The number of hydrogen-bond donors (Lipinski definition) is 1. The summed E-state index contributed by atoms with van der Waals surface area (Å²) in [7, 11) is 0. The number of hydrogen-bond acceptors (Lipinski definition) is 4. The van der Waals surface area contributed by atoms with Crippen LogP contribution in [0.2, 0.25) is 0 Å². The molecule has 0 aliphatic rings. The van der Waals surface area contributed by atoms with Gasteiger partial charge in [0.2, 0.25) is 0 Å². The van der Waals surface area contributed by atoms with Crippen LogP contribution in [0.25, 0.3) is 5.52 Å². The lowest BCUT2D eigenvalue weighted by Gasteiger charge is -1.94. The maximum atomic E-state index is 11.4. The van der Waals surface area contributed by atoms with E-state index in [0.717, 1.165) is 5.82 Å². The van der Waals surface area contributed by atoms with Gasteiger partial charge in [0, 0.05) is 12.4 Å². The van der Waals surface area contributed by atoms with Crippen molar-refractivity contribution in [3.63, 3.8) is 0 Å². The van der Waals surface area contributed by atoms with E-state index in [1.54, 1.807) is 18.6 Å². The number of aryl methyl sites for hydroxylation is 1. The highest BCUT2D eigenvalue weighted by atomic mass is 16.1. The Hall–Kier alpha value is -1.75. The summed E-state index contributed by atoms with van der Waals surface area (Å²) in [5.74, 6) is 0.600. The van der Waals surface area contributed by atoms with Gasteiger partial charge in [-0.3, -0.25) is 9.78 Å². The summed E-state index contributed by atoms with van der Waals surface area (Å²) in [4.78, 5) is 19.5.